The van der Waals surface area contributed by atoms with Crippen molar-refractivity contribution in [2.75, 3.05) is 0 Å². The monoisotopic (exact) mass is 444 g/mol. The zero-order chi connectivity index (χ0) is 23.2. The van der Waals surface area contributed by atoms with E-state index in [1.54, 1.807) is 49.1 Å². The molecule has 3 heterocycles. The molecule has 6 nitrogen and oxygen atoms in total. The molecule has 1 unspecified atom stereocenters. The zero-order valence-corrected chi connectivity index (χ0v) is 18.0. The van der Waals surface area contributed by atoms with Crippen LogP contribution in [0.4, 0.5) is 13.2 Å². The van der Waals surface area contributed by atoms with Gasteiger partial charge < -0.3 is 14.0 Å². The third-order valence-electron chi connectivity index (χ3n) is 5.71. The summed E-state index contributed by atoms with van der Waals surface area (Å²) in [6.45, 7) is 5.62. The van der Waals surface area contributed by atoms with E-state index in [9.17, 15) is 22.8 Å². The van der Waals surface area contributed by atoms with Gasteiger partial charge in [0.25, 0.3) is 11.5 Å². The van der Waals surface area contributed by atoms with E-state index in [-0.39, 0.29) is 36.3 Å². The number of carbonyl (C=O) groups excluding carboxylic acids is 1. The standard InChI is InChI=1S/C23H23F3N4O2/c1-4-18-12-28(13-27-18)19-5-6-20-22(32)29(15(3)10-30(20)21(19)31)11-16-7-14(2)8-17(9-16)23(24,25)26/h5-9,12-13,15H,4,10-11H2,1-3H3. The van der Waals surface area contributed by atoms with Gasteiger partial charge in [-0.15, -0.1) is 0 Å². The highest BCUT2D eigenvalue weighted by atomic mass is 19.4. The Hall–Kier alpha value is -3.36. The first-order chi connectivity index (χ1) is 15.1. The minimum absolute atomic E-state index is 0.0298. The number of pyridine rings is 1. The molecule has 1 amide bonds. The molecule has 0 saturated heterocycles. The summed E-state index contributed by atoms with van der Waals surface area (Å²) in [4.78, 5) is 32.0. The normalized spacial score (nSPS) is 16.4. The van der Waals surface area contributed by atoms with Crippen molar-refractivity contribution in [3.8, 4) is 5.69 Å². The van der Waals surface area contributed by atoms with E-state index in [1.807, 2.05) is 6.92 Å². The first-order valence-corrected chi connectivity index (χ1v) is 10.3. The first-order valence-electron chi connectivity index (χ1n) is 10.3. The van der Waals surface area contributed by atoms with Crippen LogP contribution >= 0.6 is 0 Å². The van der Waals surface area contributed by atoms with E-state index in [0.29, 0.717) is 16.8 Å². The van der Waals surface area contributed by atoms with Crippen LogP contribution in [0.1, 0.15) is 46.7 Å². The molecule has 0 fully saturated rings. The first kappa shape index (κ1) is 21.9. The van der Waals surface area contributed by atoms with Gasteiger partial charge in [-0.3, -0.25) is 9.59 Å². The zero-order valence-electron chi connectivity index (χ0n) is 18.0. The number of rotatable bonds is 4. The van der Waals surface area contributed by atoms with Crippen molar-refractivity contribution in [3.63, 3.8) is 0 Å². The number of hydrogen-bond donors (Lipinski definition) is 0. The lowest BCUT2D eigenvalue weighted by Crippen LogP contribution is -2.49. The molecule has 3 aromatic rings. The summed E-state index contributed by atoms with van der Waals surface area (Å²) in [5, 5.41) is 0. The van der Waals surface area contributed by atoms with Gasteiger partial charge in [0.2, 0.25) is 0 Å². The van der Waals surface area contributed by atoms with Gasteiger partial charge in [0.15, 0.2) is 0 Å². The summed E-state index contributed by atoms with van der Waals surface area (Å²) in [6, 6.07) is 6.59. The maximum atomic E-state index is 13.2. The molecule has 2 aromatic heterocycles. The van der Waals surface area contributed by atoms with E-state index in [1.165, 1.54) is 9.47 Å². The van der Waals surface area contributed by atoms with Crippen molar-refractivity contribution in [1.82, 2.24) is 19.0 Å². The Morgan fingerprint density at radius 3 is 2.56 bits per heavy atom. The lowest BCUT2D eigenvalue weighted by atomic mass is 10.0. The van der Waals surface area contributed by atoms with Crippen molar-refractivity contribution < 1.29 is 18.0 Å². The molecule has 32 heavy (non-hydrogen) atoms. The Balaban J connectivity index is 1.67. The summed E-state index contributed by atoms with van der Waals surface area (Å²) >= 11 is 0. The summed E-state index contributed by atoms with van der Waals surface area (Å²) in [5.74, 6) is -0.387. The Bertz CT molecular complexity index is 1240. The highest BCUT2D eigenvalue weighted by Crippen LogP contribution is 2.31. The van der Waals surface area contributed by atoms with Crippen LogP contribution < -0.4 is 5.56 Å². The van der Waals surface area contributed by atoms with Gasteiger partial charge in [0.05, 0.1) is 17.6 Å². The van der Waals surface area contributed by atoms with Crippen LogP contribution in [-0.4, -0.2) is 31.0 Å². The predicted octanol–water partition coefficient (Wildman–Crippen LogP) is 3.97. The Morgan fingerprint density at radius 1 is 1.16 bits per heavy atom. The Labute approximate surface area is 182 Å². The van der Waals surface area contributed by atoms with Crippen LogP contribution in [0.5, 0.6) is 0 Å². The SMILES string of the molecule is CCc1cn(-c2ccc3n(c2=O)CC(C)N(Cc2cc(C)cc(C(F)(F)F)c2)C3=O)cn1. The Morgan fingerprint density at radius 2 is 1.91 bits per heavy atom. The number of aryl methyl sites for hydroxylation is 2. The minimum Gasteiger partial charge on any atom is -0.329 e. The largest absolute Gasteiger partial charge is 0.416 e. The van der Waals surface area contributed by atoms with Crippen molar-refractivity contribution in [2.24, 2.45) is 0 Å². The average molecular weight is 444 g/mol. The molecule has 1 aromatic carbocycles. The van der Waals surface area contributed by atoms with Crippen molar-refractivity contribution in [1.29, 1.82) is 0 Å². The molecule has 1 aliphatic heterocycles. The van der Waals surface area contributed by atoms with Crippen molar-refractivity contribution in [3.05, 3.63) is 81.3 Å². The van der Waals surface area contributed by atoms with Crippen LogP contribution in [0.15, 0.2) is 47.7 Å². The van der Waals surface area contributed by atoms with Crippen LogP contribution in [0.2, 0.25) is 0 Å². The third kappa shape index (κ3) is 3.94. The second kappa shape index (κ2) is 7.96. The van der Waals surface area contributed by atoms with Crippen LogP contribution in [0, 0.1) is 6.92 Å². The van der Waals surface area contributed by atoms with Crippen LogP contribution in [0.3, 0.4) is 0 Å². The molecule has 0 aliphatic carbocycles. The fraction of sp³-hybridized carbons (Fsp3) is 0.348. The molecule has 0 saturated carbocycles. The highest BCUT2D eigenvalue weighted by Gasteiger charge is 2.33. The number of alkyl halides is 3. The number of benzene rings is 1. The van der Waals surface area contributed by atoms with E-state index in [4.69, 9.17) is 0 Å². The predicted molar refractivity (Wildman–Crippen MR) is 113 cm³/mol. The topological polar surface area (TPSA) is 60.1 Å². The highest BCUT2D eigenvalue weighted by molar-refractivity contribution is 5.93. The fourth-order valence-electron chi connectivity index (χ4n) is 4.06. The molecule has 9 heteroatoms. The maximum Gasteiger partial charge on any atom is 0.416 e. The quantitative estimate of drug-likeness (QED) is 0.612. The third-order valence-corrected chi connectivity index (χ3v) is 5.71. The molecule has 0 radical (unpaired) electrons. The van der Waals surface area contributed by atoms with Gasteiger partial charge in [-0.25, -0.2) is 4.98 Å². The lowest BCUT2D eigenvalue weighted by molar-refractivity contribution is -0.137. The fourth-order valence-corrected chi connectivity index (χ4v) is 4.06. The molecular formula is C23H23F3N4O2. The van der Waals surface area contributed by atoms with Gasteiger partial charge in [-0.2, -0.15) is 13.2 Å². The average Bonchev–Trinajstić information content (AvgIpc) is 3.20. The second-order valence-electron chi connectivity index (χ2n) is 8.13. The van der Waals surface area contributed by atoms with E-state index < -0.39 is 11.7 Å². The van der Waals surface area contributed by atoms with E-state index in [0.717, 1.165) is 24.2 Å². The number of amides is 1. The van der Waals surface area contributed by atoms with Gasteiger partial charge in [0, 0.05) is 25.3 Å². The maximum absolute atomic E-state index is 13.2. The molecular weight excluding hydrogens is 421 g/mol. The molecule has 168 valence electrons. The summed E-state index contributed by atoms with van der Waals surface area (Å²) in [7, 11) is 0. The Kier molecular flexibility index (Phi) is 5.44. The smallest absolute Gasteiger partial charge is 0.329 e. The van der Waals surface area contributed by atoms with Crippen LogP contribution in [0.25, 0.3) is 5.69 Å². The number of aromatic nitrogens is 3. The second-order valence-corrected chi connectivity index (χ2v) is 8.13. The number of imidazole rings is 1. The molecule has 0 spiro atoms. The number of halogens is 3. The van der Waals surface area contributed by atoms with Crippen molar-refractivity contribution >= 4 is 5.91 Å². The van der Waals surface area contributed by atoms with E-state index in [2.05, 4.69) is 4.98 Å². The van der Waals surface area contributed by atoms with Gasteiger partial charge >= 0.3 is 6.18 Å². The van der Waals surface area contributed by atoms with Crippen molar-refractivity contribution in [2.45, 2.75) is 52.5 Å². The minimum atomic E-state index is -4.46. The summed E-state index contributed by atoms with van der Waals surface area (Å²) < 4.78 is 42.7. The lowest BCUT2D eigenvalue weighted by Gasteiger charge is -2.35. The number of carbonyl (C=O) groups is 1. The summed E-state index contributed by atoms with van der Waals surface area (Å²) in [6.07, 6.45) is -0.378. The van der Waals surface area contributed by atoms with E-state index >= 15 is 0 Å². The number of nitrogens with zero attached hydrogens (tertiary/aromatic N) is 4. The molecule has 1 atom stereocenters. The molecule has 0 N–H and O–H groups in total. The number of hydrogen-bond acceptors (Lipinski definition) is 3. The molecule has 0 bridgehead atoms. The summed E-state index contributed by atoms with van der Waals surface area (Å²) in [5.41, 5.74) is 1.28. The molecule has 1 aliphatic rings. The van der Waals surface area contributed by atoms with Gasteiger partial charge in [0.1, 0.15) is 11.4 Å². The van der Waals surface area contributed by atoms with Gasteiger partial charge in [-0.05, 0) is 50.1 Å². The molecule has 4 rings (SSSR count). The van der Waals surface area contributed by atoms with Crippen LogP contribution in [-0.2, 0) is 25.7 Å². The van der Waals surface area contributed by atoms with Gasteiger partial charge in [-0.1, -0.05) is 18.6 Å². The number of fused-ring (bicyclic) bond motifs is 1.